The first-order valence-electron chi connectivity index (χ1n) is 20.2. The Balaban J connectivity index is 1.07. The second-order valence-electron chi connectivity index (χ2n) is 15.1. The van der Waals surface area contributed by atoms with Crippen LogP contribution in [-0.4, -0.2) is 19.9 Å². The molecule has 4 heteroatoms. The van der Waals surface area contributed by atoms with E-state index in [-0.39, 0.29) is 0 Å². The molecule has 0 bridgehead atoms. The second kappa shape index (κ2) is 15.0. The molecular formula is C56H36N4. The molecule has 3 heterocycles. The molecule has 0 aliphatic carbocycles. The van der Waals surface area contributed by atoms with Crippen LogP contribution in [0.2, 0.25) is 0 Å². The van der Waals surface area contributed by atoms with Crippen LogP contribution in [0.5, 0.6) is 0 Å². The molecule has 0 N–H and O–H groups in total. The smallest absolute Gasteiger partial charge is 0.160 e. The van der Waals surface area contributed by atoms with E-state index in [4.69, 9.17) is 19.9 Å². The number of pyridine rings is 2. The average molecular weight is 765 g/mol. The van der Waals surface area contributed by atoms with Gasteiger partial charge in [-0.25, -0.2) is 9.97 Å². The maximum atomic E-state index is 5.35. The van der Waals surface area contributed by atoms with Crippen molar-refractivity contribution in [1.82, 2.24) is 19.9 Å². The molecule has 0 saturated carbocycles. The normalized spacial score (nSPS) is 11.3. The quantitative estimate of drug-likeness (QED) is 0.162. The van der Waals surface area contributed by atoms with E-state index in [9.17, 15) is 0 Å². The topological polar surface area (TPSA) is 51.6 Å². The van der Waals surface area contributed by atoms with Gasteiger partial charge in [0.05, 0.1) is 22.6 Å². The minimum absolute atomic E-state index is 0.669. The summed E-state index contributed by atoms with van der Waals surface area (Å²) in [5, 5.41) is 5.63. The number of rotatable bonds is 7. The molecule has 8 aromatic carbocycles. The minimum atomic E-state index is 0.669. The van der Waals surface area contributed by atoms with Crippen LogP contribution in [0.15, 0.2) is 219 Å². The number of benzene rings is 8. The molecule has 0 amide bonds. The average Bonchev–Trinajstić information content (AvgIpc) is 3.33. The highest BCUT2D eigenvalue weighted by atomic mass is 14.9. The number of nitrogens with zero attached hydrogens (tertiary/aromatic N) is 4. The van der Waals surface area contributed by atoms with E-state index < -0.39 is 0 Å². The van der Waals surface area contributed by atoms with Crippen LogP contribution in [-0.2, 0) is 0 Å². The molecule has 0 aliphatic heterocycles. The molecule has 11 rings (SSSR count). The summed E-state index contributed by atoms with van der Waals surface area (Å²) in [4.78, 5) is 20.3. The van der Waals surface area contributed by atoms with Crippen molar-refractivity contribution in [2.24, 2.45) is 0 Å². The van der Waals surface area contributed by atoms with Crippen molar-refractivity contribution in [3.05, 3.63) is 219 Å². The van der Waals surface area contributed by atoms with E-state index >= 15 is 0 Å². The molecule has 4 nitrogen and oxygen atoms in total. The van der Waals surface area contributed by atoms with Gasteiger partial charge in [-0.1, -0.05) is 164 Å². The molecule has 60 heavy (non-hydrogen) atoms. The predicted octanol–water partition coefficient (Wildman–Crippen LogP) is 14.4. The molecule has 0 atom stereocenters. The summed E-state index contributed by atoms with van der Waals surface area (Å²) >= 11 is 0. The standard InChI is InChI=1S/C56H36N4/c1-3-11-37(12-4-1)45-27-28-51-52(36-45)59-56(60-55(51)42-15-5-2-6-16-42)48-34-46(38-19-23-43(24-20-38)53-49-17-9-7-13-40(49)29-31-57-53)33-47(35-48)39-21-25-44(26-22-39)54-50-18-10-8-14-41(50)30-32-58-54/h1-36H. The lowest BCUT2D eigenvalue weighted by Crippen LogP contribution is -1.97. The van der Waals surface area contributed by atoms with Crippen molar-refractivity contribution < 1.29 is 0 Å². The zero-order valence-corrected chi connectivity index (χ0v) is 32.6. The lowest BCUT2D eigenvalue weighted by atomic mass is 9.93. The number of hydrogen-bond donors (Lipinski definition) is 0. The van der Waals surface area contributed by atoms with Crippen LogP contribution >= 0.6 is 0 Å². The predicted molar refractivity (Wildman–Crippen MR) is 248 cm³/mol. The first-order valence-corrected chi connectivity index (χ1v) is 20.2. The minimum Gasteiger partial charge on any atom is -0.256 e. The first-order chi connectivity index (χ1) is 29.7. The van der Waals surface area contributed by atoms with Crippen molar-refractivity contribution in [1.29, 1.82) is 0 Å². The van der Waals surface area contributed by atoms with Crippen molar-refractivity contribution in [3.8, 4) is 78.5 Å². The zero-order valence-electron chi connectivity index (χ0n) is 32.6. The molecule has 280 valence electrons. The fourth-order valence-corrected chi connectivity index (χ4v) is 8.32. The van der Waals surface area contributed by atoms with Gasteiger partial charge in [-0.05, 0) is 86.6 Å². The molecular weight excluding hydrogens is 729 g/mol. The summed E-state index contributed by atoms with van der Waals surface area (Å²) in [6, 6.07) is 72.5. The molecule has 11 aromatic rings. The summed E-state index contributed by atoms with van der Waals surface area (Å²) < 4.78 is 0. The van der Waals surface area contributed by atoms with E-state index in [0.29, 0.717) is 5.82 Å². The fraction of sp³-hybridized carbons (Fsp3) is 0. The van der Waals surface area contributed by atoms with Gasteiger partial charge in [0.25, 0.3) is 0 Å². The number of aromatic nitrogens is 4. The third-order valence-corrected chi connectivity index (χ3v) is 11.4. The maximum absolute atomic E-state index is 5.35. The van der Waals surface area contributed by atoms with Gasteiger partial charge in [0.1, 0.15) is 0 Å². The van der Waals surface area contributed by atoms with E-state index in [1.54, 1.807) is 0 Å². The van der Waals surface area contributed by atoms with Crippen molar-refractivity contribution >= 4 is 32.4 Å². The van der Waals surface area contributed by atoms with E-state index in [1.165, 1.54) is 10.8 Å². The van der Waals surface area contributed by atoms with Gasteiger partial charge < -0.3 is 0 Å². The van der Waals surface area contributed by atoms with Crippen LogP contribution in [0, 0.1) is 0 Å². The Hall–Kier alpha value is -8.08. The molecule has 0 radical (unpaired) electrons. The Morgan fingerprint density at radius 3 is 1.25 bits per heavy atom. The third kappa shape index (κ3) is 6.56. The van der Waals surface area contributed by atoms with E-state index in [0.717, 1.165) is 94.4 Å². The highest BCUT2D eigenvalue weighted by molar-refractivity contribution is 5.98. The summed E-state index contributed by atoms with van der Waals surface area (Å²) in [6.45, 7) is 0. The second-order valence-corrected chi connectivity index (χ2v) is 15.1. The molecule has 0 aliphatic rings. The van der Waals surface area contributed by atoms with Crippen LogP contribution in [0.1, 0.15) is 0 Å². The van der Waals surface area contributed by atoms with Crippen LogP contribution in [0.25, 0.3) is 111 Å². The molecule has 0 fully saturated rings. The Labute approximate surface area is 348 Å². The number of fused-ring (bicyclic) bond motifs is 3. The lowest BCUT2D eigenvalue weighted by molar-refractivity contribution is 1.23. The largest absolute Gasteiger partial charge is 0.256 e. The molecule has 3 aromatic heterocycles. The van der Waals surface area contributed by atoms with Crippen LogP contribution < -0.4 is 0 Å². The Morgan fingerprint density at radius 2 is 0.683 bits per heavy atom. The Morgan fingerprint density at radius 1 is 0.250 bits per heavy atom. The monoisotopic (exact) mass is 764 g/mol. The summed E-state index contributed by atoms with van der Waals surface area (Å²) in [5.74, 6) is 0.669. The van der Waals surface area contributed by atoms with E-state index in [1.807, 2.05) is 24.5 Å². The highest BCUT2D eigenvalue weighted by Crippen LogP contribution is 2.38. The lowest BCUT2D eigenvalue weighted by Gasteiger charge is -2.14. The summed E-state index contributed by atoms with van der Waals surface area (Å²) in [7, 11) is 0. The van der Waals surface area contributed by atoms with Gasteiger partial charge in [-0.15, -0.1) is 0 Å². The van der Waals surface area contributed by atoms with Crippen molar-refractivity contribution in [2.75, 3.05) is 0 Å². The van der Waals surface area contributed by atoms with Crippen molar-refractivity contribution in [3.63, 3.8) is 0 Å². The first kappa shape index (κ1) is 35.1. The number of hydrogen-bond acceptors (Lipinski definition) is 4. The Kier molecular flexibility index (Phi) is 8.79. The third-order valence-electron chi connectivity index (χ3n) is 11.4. The molecule has 0 saturated heterocycles. The van der Waals surface area contributed by atoms with Crippen LogP contribution in [0.4, 0.5) is 0 Å². The van der Waals surface area contributed by atoms with Crippen LogP contribution in [0.3, 0.4) is 0 Å². The van der Waals surface area contributed by atoms with Gasteiger partial charge in [-0.3, -0.25) is 9.97 Å². The van der Waals surface area contributed by atoms with Gasteiger partial charge in [0.2, 0.25) is 0 Å². The maximum Gasteiger partial charge on any atom is 0.160 e. The van der Waals surface area contributed by atoms with Gasteiger partial charge >= 0.3 is 0 Å². The Bertz CT molecular complexity index is 3190. The highest BCUT2D eigenvalue weighted by Gasteiger charge is 2.16. The van der Waals surface area contributed by atoms with Gasteiger partial charge in [-0.2, -0.15) is 0 Å². The van der Waals surface area contributed by atoms with Crippen molar-refractivity contribution in [2.45, 2.75) is 0 Å². The molecule has 0 spiro atoms. The summed E-state index contributed by atoms with van der Waals surface area (Å²) in [6.07, 6.45) is 3.78. The zero-order chi connectivity index (χ0) is 39.8. The van der Waals surface area contributed by atoms with E-state index in [2.05, 4.69) is 194 Å². The van der Waals surface area contributed by atoms with Gasteiger partial charge in [0.15, 0.2) is 5.82 Å². The molecule has 0 unspecified atom stereocenters. The summed E-state index contributed by atoms with van der Waals surface area (Å²) in [5.41, 5.74) is 14.5. The fourth-order valence-electron chi connectivity index (χ4n) is 8.32. The SMILES string of the molecule is c1ccc(-c2ccc3c(-c4ccccc4)nc(-c4cc(-c5ccc(-c6nccc7ccccc67)cc5)cc(-c5ccc(-c6nccc7ccccc67)cc5)c4)nc3c2)cc1. The van der Waals surface area contributed by atoms with Gasteiger partial charge in [0, 0.05) is 50.8 Å².